The second-order valence-corrected chi connectivity index (χ2v) is 8.39. The Balaban J connectivity index is 1.57. The Bertz CT molecular complexity index is 1050. The topological polar surface area (TPSA) is 64.0 Å². The summed E-state index contributed by atoms with van der Waals surface area (Å²) in [6.07, 6.45) is 5.49. The molecule has 27 heavy (non-hydrogen) atoms. The smallest absolute Gasteiger partial charge is 0.262 e. The first-order valence-electron chi connectivity index (χ1n) is 9.43. The number of amides is 1. The third-order valence-corrected chi connectivity index (χ3v) is 6.40. The number of thiophene rings is 1. The molecule has 4 rings (SSSR count). The Morgan fingerprint density at radius 1 is 1.33 bits per heavy atom. The van der Waals surface area contributed by atoms with E-state index in [1.807, 2.05) is 24.3 Å². The number of anilines is 1. The molecule has 1 aliphatic carbocycles. The zero-order chi connectivity index (χ0) is 19.0. The first-order valence-corrected chi connectivity index (χ1v) is 10.2. The average molecular weight is 382 g/mol. The van der Waals surface area contributed by atoms with Crippen LogP contribution in [-0.4, -0.2) is 15.5 Å². The molecule has 140 valence electrons. The van der Waals surface area contributed by atoms with E-state index in [1.54, 1.807) is 11.3 Å². The first kappa shape index (κ1) is 17.9. The fourth-order valence-electron chi connectivity index (χ4n) is 3.66. The molecule has 6 heteroatoms. The van der Waals surface area contributed by atoms with Gasteiger partial charge >= 0.3 is 0 Å². The lowest BCUT2D eigenvalue weighted by molar-refractivity contribution is -0.116. The van der Waals surface area contributed by atoms with Gasteiger partial charge in [0.2, 0.25) is 5.91 Å². The summed E-state index contributed by atoms with van der Waals surface area (Å²) in [6, 6.07) is 7.76. The van der Waals surface area contributed by atoms with Gasteiger partial charge in [0.15, 0.2) is 0 Å². The number of aromatic nitrogens is 2. The van der Waals surface area contributed by atoms with Gasteiger partial charge in [0, 0.05) is 10.6 Å². The second kappa shape index (κ2) is 7.27. The summed E-state index contributed by atoms with van der Waals surface area (Å²) in [5.74, 6) is 0.429. The van der Waals surface area contributed by atoms with E-state index >= 15 is 0 Å². The lowest BCUT2D eigenvalue weighted by Crippen LogP contribution is -2.28. The van der Waals surface area contributed by atoms with E-state index in [-0.39, 0.29) is 18.0 Å². The summed E-state index contributed by atoms with van der Waals surface area (Å²) in [5.41, 5.74) is 3.00. The molecule has 0 bridgehead atoms. The van der Waals surface area contributed by atoms with Crippen LogP contribution in [0.2, 0.25) is 0 Å². The van der Waals surface area contributed by atoms with E-state index in [1.165, 1.54) is 21.3 Å². The number of carbonyl (C=O) groups is 1. The molecule has 3 aromatic rings. The van der Waals surface area contributed by atoms with Crippen LogP contribution >= 0.6 is 11.3 Å². The molecule has 2 heterocycles. The number of rotatable bonds is 4. The van der Waals surface area contributed by atoms with Crippen molar-refractivity contribution in [3.63, 3.8) is 0 Å². The van der Waals surface area contributed by atoms with Crippen molar-refractivity contribution in [3.8, 4) is 0 Å². The van der Waals surface area contributed by atoms with Crippen LogP contribution < -0.4 is 10.9 Å². The Morgan fingerprint density at radius 2 is 2.11 bits per heavy atom. The molecule has 1 aliphatic rings. The minimum Gasteiger partial charge on any atom is -0.325 e. The van der Waals surface area contributed by atoms with Gasteiger partial charge in [-0.3, -0.25) is 14.2 Å². The van der Waals surface area contributed by atoms with Crippen molar-refractivity contribution in [2.75, 3.05) is 5.32 Å². The van der Waals surface area contributed by atoms with Gasteiger partial charge in [-0.05, 0) is 54.9 Å². The van der Waals surface area contributed by atoms with E-state index in [2.05, 4.69) is 24.1 Å². The zero-order valence-electron chi connectivity index (χ0n) is 15.6. The SMILES string of the molecule is CCc1ccc(NC(=O)Cn2cnc3sc4c(c3c2=O)CCC(C)C4)cc1. The number of aryl methyl sites for hydroxylation is 2. The van der Waals surface area contributed by atoms with Gasteiger partial charge < -0.3 is 5.32 Å². The minimum absolute atomic E-state index is 0.0294. The van der Waals surface area contributed by atoms with Crippen molar-refractivity contribution in [1.82, 2.24) is 9.55 Å². The molecule has 2 aromatic heterocycles. The molecule has 5 nitrogen and oxygen atoms in total. The van der Waals surface area contributed by atoms with Crippen LogP contribution in [-0.2, 0) is 30.6 Å². The standard InChI is InChI=1S/C21H23N3O2S/c1-3-14-5-7-15(8-6-14)23-18(25)11-24-12-22-20-19(21(24)26)16-9-4-13(2)10-17(16)27-20/h5-8,12-13H,3-4,9-11H2,1-2H3,(H,23,25). The van der Waals surface area contributed by atoms with Crippen molar-refractivity contribution in [2.45, 2.75) is 46.1 Å². The highest BCUT2D eigenvalue weighted by atomic mass is 32.1. The van der Waals surface area contributed by atoms with Crippen LogP contribution in [0.1, 0.15) is 36.3 Å². The minimum atomic E-state index is -0.222. The van der Waals surface area contributed by atoms with Crippen LogP contribution in [0.3, 0.4) is 0 Å². The normalized spacial score (nSPS) is 16.3. The fraction of sp³-hybridized carbons (Fsp3) is 0.381. The van der Waals surface area contributed by atoms with Gasteiger partial charge in [-0.1, -0.05) is 26.0 Å². The quantitative estimate of drug-likeness (QED) is 0.748. The Hall–Kier alpha value is -2.47. The molecule has 1 N–H and O–H groups in total. The molecule has 0 fully saturated rings. The highest BCUT2D eigenvalue weighted by Gasteiger charge is 2.23. The number of fused-ring (bicyclic) bond motifs is 3. The molecule has 0 aliphatic heterocycles. The first-order chi connectivity index (χ1) is 13.0. The Kier molecular flexibility index (Phi) is 4.83. The Labute approximate surface area is 162 Å². The molecule has 0 saturated carbocycles. The van der Waals surface area contributed by atoms with Gasteiger partial charge in [0.05, 0.1) is 11.7 Å². The number of nitrogens with one attached hydrogen (secondary N) is 1. The van der Waals surface area contributed by atoms with Crippen LogP contribution in [0.4, 0.5) is 5.69 Å². The predicted octanol–water partition coefficient (Wildman–Crippen LogP) is 3.78. The van der Waals surface area contributed by atoms with E-state index in [9.17, 15) is 9.59 Å². The second-order valence-electron chi connectivity index (χ2n) is 7.31. The van der Waals surface area contributed by atoms with Crippen molar-refractivity contribution in [3.05, 3.63) is 57.0 Å². The van der Waals surface area contributed by atoms with Crippen molar-refractivity contribution in [2.24, 2.45) is 5.92 Å². The molecule has 1 unspecified atom stereocenters. The third-order valence-electron chi connectivity index (χ3n) is 5.24. The van der Waals surface area contributed by atoms with Crippen LogP contribution in [0.25, 0.3) is 10.2 Å². The molecule has 0 saturated heterocycles. The highest BCUT2D eigenvalue weighted by molar-refractivity contribution is 7.18. The number of benzene rings is 1. The van der Waals surface area contributed by atoms with Crippen LogP contribution in [0.15, 0.2) is 35.4 Å². The van der Waals surface area contributed by atoms with Crippen molar-refractivity contribution < 1.29 is 4.79 Å². The van der Waals surface area contributed by atoms with Gasteiger partial charge in [0.1, 0.15) is 11.4 Å². The van der Waals surface area contributed by atoms with E-state index < -0.39 is 0 Å². The fourth-order valence-corrected chi connectivity index (χ4v) is 5.00. The molecule has 1 atom stereocenters. The summed E-state index contributed by atoms with van der Waals surface area (Å²) in [7, 11) is 0. The maximum absolute atomic E-state index is 13.0. The van der Waals surface area contributed by atoms with Gasteiger partial charge in [-0.25, -0.2) is 4.98 Å². The molecule has 1 amide bonds. The zero-order valence-corrected chi connectivity index (χ0v) is 16.4. The van der Waals surface area contributed by atoms with Gasteiger partial charge in [-0.2, -0.15) is 0 Å². The molecular weight excluding hydrogens is 358 g/mol. The number of nitrogens with zero attached hydrogens (tertiary/aromatic N) is 2. The highest BCUT2D eigenvalue weighted by Crippen LogP contribution is 2.35. The monoisotopic (exact) mass is 381 g/mol. The molecular formula is C21H23N3O2S. The van der Waals surface area contributed by atoms with Gasteiger partial charge in [0.25, 0.3) is 5.56 Å². The average Bonchev–Trinajstić information content (AvgIpc) is 3.02. The van der Waals surface area contributed by atoms with Gasteiger partial charge in [-0.15, -0.1) is 11.3 Å². The summed E-state index contributed by atoms with van der Waals surface area (Å²) in [5, 5.41) is 3.57. The summed E-state index contributed by atoms with van der Waals surface area (Å²) in [6.45, 7) is 4.31. The van der Waals surface area contributed by atoms with E-state index in [0.717, 1.165) is 41.8 Å². The lowest BCUT2D eigenvalue weighted by atomic mass is 9.89. The molecule has 1 aromatic carbocycles. The summed E-state index contributed by atoms with van der Waals surface area (Å²) < 4.78 is 1.42. The van der Waals surface area contributed by atoms with Crippen LogP contribution in [0, 0.1) is 5.92 Å². The van der Waals surface area contributed by atoms with Crippen molar-refractivity contribution in [1.29, 1.82) is 0 Å². The summed E-state index contributed by atoms with van der Waals surface area (Å²) >= 11 is 1.63. The van der Waals surface area contributed by atoms with E-state index in [4.69, 9.17) is 0 Å². The number of hydrogen-bond acceptors (Lipinski definition) is 4. The maximum atomic E-state index is 13.0. The molecule has 0 radical (unpaired) electrons. The number of carbonyl (C=O) groups excluding carboxylic acids is 1. The maximum Gasteiger partial charge on any atom is 0.262 e. The predicted molar refractivity (Wildman–Crippen MR) is 110 cm³/mol. The molecule has 0 spiro atoms. The third kappa shape index (κ3) is 3.54. The number of hydrogen-bond donors (Lipinski definition) is 1. The van der Waals surface area contributed by atoms with Crippen LogP contribution in [0.5, 0.6) is 0 Å². The Morgan fingerprint density at radius 3 is 2.85 bits per heavy atom. The lowest BCUT2D eigenvalue weighted by Gasteiger charge is -2.17. The largest absolute Gasteiger partial charge is 0.325 e. The van der Waals surface area contributed by atoms with E-state index in [0.29, 0.717) is 11.3 Å². The van der Waals surface area contributed by atoms with Crippen molar-refractivity contribution >= 4 is 33.1 Å². The summed E-state index contributed by atoms with van der Waals surface area (Å²) in [4.78, 5) is 31.9.